The summed E-state index contributed by atoms with van der Waals surface area (Å²) >= 11 is 13.1. The van der Waals surface area contributed by atoms with Gasteiger partial charge in [0, 0.05) is 10.0 Å². The molecule has 7 nitrogen and oxygen atoms in total. The molecule has 0 radical (unpaired) electrons. The number of hydrogen-bond donors (Lipinski definition) is 1. The number of nitrogens with zero attached hydrogens (tertiary/aromatic N) is 1. The molecule has 0 spiro atoms. The van der Waals surface area contributed by atoms with Crippen molar-refractivity contribution in [2.24, 2.45) is 5.73 Å². The topological polar surface area (TPSA) is 101 Å². The number of carbonyl (C=O) groups is 2. The van der Waals surface area contributed by atoms with Crippen LogP contribution in [0.15, 0.2) is 58.9 Å². The van der Waals surface area contributed by atoms with Crippen LogP contribution in [0.2, 0.25) is 10.0 Å². The van der Waals surface area contributed by atoms with Crippen molar-refractivity contribution in [2.45, 2.75) is 12.8 Å². The first kappa shape index (κ1) is 24.8. The minimum Gasteiger partial charge on any atom is -0.466 e. The molecular weight excluding hydrogens is 511 g/mol. The average Bonchev–Trinajstić information content (AvgIpc) is 3.16. The summed E-state index contributed by atoms with van der Waals surface area (Å²) in [5.74, 6) is -2.48. The molecule has 4 rings (SSSR count). The SMILES string of the molecule is CCOC(=O)C1=c2s/c(=C\c3ccc(Cl)cc3)c(=O)n2C(N)=C(C(=O)OC)[C@H]1c1ccc(Cl)cc1. The molecule has 0 amide bonds. The first-order valence-corrected chi connectivity index (χ1v) is 12.1. The molecule has 10 heteroatoms. The predicted octanol–water partition coefficient (Wildman–Crippen LogP) is 2.86. The molecule has 0 bridgehead atoms. The monoisotopic (exact) mass is 530 g/mol. The van der Waals surface area contributed by atoms with Gasteiger partial charge in [-0.05, 0) is 48.4 Å². The van der Waals surface area contributed by atoms with E-state index < -0.39 is 23.4 Å². The van der Waals surface area contributed by atoms with Crippen LogP contribution in [0.5, 0.6) is 0 Å². The second-order valence-corrected chi connectivity index (χ2v) is 9.42. The summed E-state index contributed by atoms with van der Waals surface area (Å²) in [7, 11) is 1.21. The molecule has 180 valence electrons. The zero-order valence-electron chi connectivity index (χ0n) is 18.7. The minimum atomic E-state index is -0.930. The van der Waals surface area contributed by atoms with Crippen molar-refractivity contribution in [1.82, 2.24) is 4.57 Å². The molecule has 0 saturated heterocycles. The quantitative estimate of drug-likeness (QED) is 0.509. The van der Waals surface area contributed by atoms with Crippen molar-refractivity contribution in [1.29, 1.82) is 0 Å². The summed E-state index contributed by atoms with van der Waals surface area (Å²) < 4.78 is 12.1. The number of rotatable bonds is 5. The molecule has 0 unspecified atom stereocenters. The highest BCUT2D eigenvalue weighted by molar-refractivity contribution is 7.07. The Morgan fingerprint density at radius 1 is 1.03 bits per heavy atom. The molecule has 2 heterocycles. The Morgan fingerprint density at radius 2 is 1.63 bits per heavy atom. The highest BCUT2D eigenvalue weighted by atomic mass is 35.5. The molecule has 1 aliphatic heterocycles. The Balaban J connectivity index is 2.11. The Labute approximate surface area is 214 Å². The second-order valence-electron chi connectivity index (χ2n) is 7.52. The molecule has 3 aromatic rings. The van der Waals surface area contributed by atoms with Gasteiger partial charge in [-0.3, -0.25) is 9.36 Å². The first-order chi connectivity index (χ1) is 16.8. The number of methoxy groups -OCH3 is 1. The number of nitrogens with two attached hydrogens (primary N) is 1. The van der Waals surface area contributed by atoms with Gasteiger partial charge < -0.3 is 15.2 Å². The number of thiazole rings is 1. The van der Waals surface area contributed by atoms with Crippen molar-refractivity contribution < 1.29 is 19.1 Å². The second kappa shape index (κ2) is 10.1. The third kappa shape index (κ3) is 4.65. The van der Waals surface area contributed by atoms with Gasteiger partial charge in [-0.2, -0.15) is 0 Å². The Kier molecular flexibility index (Phi) is 7.16. The van der Waals surface area contributed by atoms with Crippen LogP contribution in [-0.2, 0) is 19.1 Å². The minimum absolute atomic E-state index is 0.0386. The summed E-state index contributed by atoms with van der Waals surface area (Å²) in [6, 6.07) is 13.6. The lowest BCUT2D eigenvalue weighted by Gasteiger charge is -2.26. The standard InChI is InChI=1S/C25H20Cl2N2O5S/c1-3-34-25(32)20-18(14-6-10-16(27)11-7-14)19(24(31)33-2)21(28)29-22(30)17(35-23(20)29)12-13-4-8-15(26)9-5-13/h4-12,18H,3,28H2,1-2H3/b17-12-/t18-/m1/s1. The Morgan fingerprint density at radius 3 is 2.20 bits per heavy atom. The fourth-order valence-corrected chi connectivity index (χ4v) is 5.28. The average molecular weight is 531 g/mol. The van der Waals surface area contributed by atoms with Crippen LogP contribution in [-0.4, -0.2) is 30.2 Å². The molecule has 0 saturated carbocycles. The van der Waals surface area contributed by atoms with Gasteiger partial charge in [-0.15, -0.1) is 11.3 Å². The van der Waals surface area contributed by atoms with E-state index in [0.29, 0.717) is 20.1 Å². The van der Waals surface area contributed by atoms with Crippen LogP contribution in [0.3, 0.4) is 0 Å². The van der Waals surface area contributed by atoms with Crippen LogP contribution in [0.1, 0.15) is 24.0 Å². The molecule has 1 aromatic heterocycles. The Hall–Kier alpha value is -3.33. The summed E-state index contributed by atoms with van der Waals surface area (Å²) in [5, 5.41) is 1.04. The van der Waals surface area contributed by atoms with Gasteiger partial charge >= 0.3 is 11.9 Å². The van der Waals surface area contributed by atoms with Gasteiger partial charge in [0.05, 0.1) is 35.3 Å². The molecule has 2 aromatic carbocycles. The lowest BCUT2D eigenvalue weighted by atomic mass is 9.83. The molecule has 1 aliphatic rings. The van der Waals surface area contributed by atoms with E-state index >= 15 is 0 Å². The molecule has 0 fully saturated rings. The Bertz CT molecular complexity index is 1520. The number of hydrogen-bond acceptors (Lipinski definition) is 7. The number of aromatic nitrogens is 1. The zero-order valence-corrected chi connectivity index (χ0v) is 21.0. The summed E-state index contributed by atoms with van der Waals surface area (Å²) in [5.41, 5.74) is 7.31. The van der Waals surface area contributed by atoms with E-state index in [0.717, 1.165) is 21.5 Å². The molecule has 0 aliphatic carbocycles. The van der Waals surface area contributed by atoms with Crippen LogP contribution in [0, 0.1) is 0 Å². The van der Waals surface area contributed by atoms with E-state index in [1.54, 1.807) is 61.5 Å². The van der Waals surface area contributed by atoms with Crippen LogP contribution in [0.4, 0.5) is 0 Å². The molecule has 35 heavy (non-hydrogen) atoms. The first-order valence-electron chi connectivity index (χ1n) is 10.5. The van der Waals surface area contributed by atoms with Crippen LogP contribution in [0.25, 0.3) is 17.5 Å². The number of ether oxygens (including phenoxy) is 2. The fraction of sp³-hybridized carbons (Fsp3) is 0.160. The van der Waals surface area contributed by atoms with Crippen molar-refractivity contribution in [3.05, 3.63) is 94.8 Å². The smallest absolute Gasteiger partial charge is 0.338 e. The zero-order chi connectivity index (χ0) is 25.3. The highest BCUT2D eigenvalue weighted by Gasteiger charge is 2.39. The number of fused-ring (bicyclic) bond motifs is 1. The van der Waals surface area contributed by atoms with Crippen molar-refractivity contribution in [2.75, 3.05) is 13.7 Å². The predicted molar refractivity (Wildman–Crippen MR) is 137 cm³/mol. The normalized spacial score (nSPS) is 15.7. The fourth-order valence-electron chi connectivity index (χ4n) is 3.86. The van der Waals surface area contributed by atoms with Crippen molar-refractivity contribution >= 4 is 63.9 Å². The maximum Gasteiger partial charge on any atom is 0.338 e. The van der Waals surface area contributed by atoms with E-state index in [2.05, 4.69) is 0 Å². The van der Waals surface area contributed by atoms with Gasteiger partial charge in [0.15, 0.2) is 0 Å². The summed E-state index contributed by atoms with van der Waals surface area (Å²) in [6.07, 6.45) is 1.67. The maximum absolute atomic E-state index is 13.4. The van der Waals surface area contributed by atoms with Gasteiger partial charge in [0.25, 0.3) is 5.56 Å². The number of benzene rings is 2. The van der Waals surface area contributed by atoms with Crippen molar-refractivity contribution in [3.8, 4) is 0 Å². The summed E-state index contributed by atoms with van der Waals surface area (Å²) in [4.78, 5) is 39.6. The van der Waals surface area contributed by atoms with E-state index in [1.807, 2.05) is 0 Å². The van der Waals surface area contributed by atoms with Gasteiger partial charge in [-0.1, -0.05) is 47.5 Å². The lowest BCUT2D eigenvalue weighted by molar-refractivity contribution is -0.136. The lowest BCUT2D eigenvalue weighted by Crippen LogP contribution is -2.41. The third-order valence-electron chi connectivity index (χ3n) is 5.42. The van der Waals surface area contributed by atoms with Crippen LogP contribution < -0.4 is 20.5 Å². The van der Waals surface area contributed by atoms with E-state index in [-0.39, 0.29) is 28.2 Å². The van der Waals surface area contributed by atoms with Gasteiger partial charge in [0.1, 0.15) is 10.5 Å². The maximum atomic E-state index is 13.4. The molecular formula is C25H20Cl2N2O5S. The molecule has 1 atom stereocenters. The van der Waals surface area contributed by atoms with E-state index in [1.165, 1.54) is 7.11 Å². The largest absolute Gasteiger partial charge is 0.466 e. The van der Waals surface area contributed by atoms with E-state index in [9.17, 15) is 14.4 Å². The van der Waals surface area contributed by atoms with Crippen molar-refractivity contribution in [3.63, 3.8) is 0 Å². The van der Waals surface area contributed by atoms with E-state index in [4.69, 9.17) is 38.4 Å². The van der Waals surface area contributed by atoms with Gasteiger partial charge in [-0.25, -0.2) is 9.59 Å². The third-order valence-corrected chi connectivity index (χ3v) is 7.03. The number of esters is 2. The number of carbonyl (C=O) groups excluding carboxylic acids is 2. The summed E-state index contributed by atoms with van der Waals surface area (Å²) in [6.45, 7) is 1.77. The molecule has 2 N–H and O–H groups in total. The highest BCUT2D eigenvalue weighted by Crippen LogP contribution is 2.38. The van der Waals surface area contributed by atoms with Crippen LogP contribution >= 0.6 is 34.5 Å². The number of halogens is 2. The van der Waals surface area contributed by atoms with Gasteiger partial charge in [0.2, 0.25) is 0 Å².